The van der Waals surface area contributed by atoms with E-state index in [4.69, 9.17) is 11.6 Å². The van der Waals surface area contributed by atoms with Crippen LogP contribution in [0.25, 0.3) is 0 Å². The molecule has 0 aromatic heterocycles. The number of hydrogen-bond donors (Lipinski definition) is 2. The highest BCUT2D eigenvalue weighted by Crippen LogP contribution is 2.21. The van der Waals surface area contributed by atoms with Gasteiger partial charge in [0, 0.05) is 29.1 Å². The topological polar surface area (TPSA) is 60.8 Å². The molecule has 1 amide bonds. The fraction of sp³-hybridized carbons (Fsp3) is 0.696. The predicted molar refractivity (Wildman–Crippen MR) is 124 cm³/mol. The molecule has 2 N–H and O–H groups in total. The second-order valence-corrected chi connectivity index (χ2v) is 8.56. The molecule has 2 atom stereocenters. The van der Waals surface area contributed by atoms with Crippen LogP contribution in [0.3, 0.4) is 0 Å². The average molecular weight is 424 g/mol. The zero-order valence-corrected chi connectivity index (χ0v) is 19.4. The first-order chi connectivity index (χ1) is 13.9. The Morgan fingerprint density at radius 1 is 1.00 bits per heavy atom. The van der Waals surface area contributed by atoms with E-state index in [2.05, 4.69) is 27.7 Å². The summed E-state index contributed by atoms with van der Waals surface area (Å²) in [6.45, 7) is 10.3. The summed E-state index contributed by atoms with van der Waals surface area (Å²) in [6.07, 6.45) is 9.03. The fourth-order valence-electron chi connectivity index (χ4n) is 3.76. The predicted octanol–water partition coefficient (Wildman–Crippen LogP) is 4.89. The minimum absolute atomic E-state index is 0.0477. The highest BCUT2D eigenvalue weighted by atomic mass is 35.5. The van der Waals surface area contributed by atoms with Gasteiger partial charge >= 0.3 is 7.12 Å². The van der Waals surface area contributed by atoms with Crippen LogP contribution in [-0.4, -0.2) is 41.1 Å². The van der Waals surface area contributed by atoms with E-state index in [0.717, 1.165) is 51.6 Å². The molecule has 0 radical (unpaired) electrons. The summed E-state index contributed by atoms with van der Waals surface area (Å²) in [5.41, 5.74) is 0.640. The summed E-state index contributed by atoms with van der Waals surface area (Å²) >= 11 is 6.06. The summed E-state index contributed by atoms with van der Waals surface area (Å²) in [5.74, 6) is 0.920. The molecule has 1 rings (SSSR count). The van der Waals surface area contributed by atoms with Crippen molar-refractivity contribution in [1.29, 1.82) is 0 Å². The Morgan fingerprint density at radius 2 is 1.52 bits per heavy atom. The van der Waals surface area contributed by atoms with Crippen LogP contribution >= 0.6 is 11.6 Å². The van der Waals surface area contributed by atoms with E-state index < -0.39 is 7.12 Å². The first-order valence-corrected chi connectivity index (χ1v) is 11.7. The van der Waals surface area contributed by atoms with Crippen molar-refractivity contribution in [3.8, 4) is 0 Å². The molecular formula is C23H39BClNO3. The molecular weight excluding hydrogens is 385 g/mol. The molecule has 164 valence electrons. The van der Waals surface area contributed by atoms with E-state index in [9.17, 15) is 14.8 Å². The lowest BCUT2D eigenvalue weighted by Crippen LogP contribution is -2.40. The van der Waals surface area contributed by atoms with Crippen molar-refractivity contribution < 1.29 is 14.8 Å². The number of rotatable bonds is 14. The third-order valence-electron chi connectivity index (χ3n) is 5.85. The van der Waals surface area contributed by atoms with Gasteiger partial charge in [0.15, 0.2) is 0 Å². The summed E-state index contributed by atoms with van der Waals surface area (Å²) in [7, 11) is -1.69. The van der Waals surface area contributed by atoms with Gasteiger partial charge in [-0.15, -0.1) is 0 Å². The normalized spacial score (nSPS) is 13.2. The Hall–Kier alpha value is -1.04. The smallest absolute Gasteiger partial charge is 0.423 e. The van der Waals surface area contributed by atoms with E-state index in [-0.39, 0.29) is 16.4 Å². The Labute approximate surface area is 182 Å². The van der Waals surface area contributed by atoms with Gasteiger partial charge in [0.1, 0.15) is 0 Å². The third-order valence-corrected chi connectivity index (χ3v) is 6.20. The van der Waals surface area contributed by atoms with E-state index in [0.29, 0.717) is 17.4 Å². The maximum Gasteiger partial charge on any atom is 0.489 e. The monoisotopic (exact) mass is 423 g/mol. The summed E-state index contributed by atoms with van der Waals surface area (Å²) in [6, 6.07) is 4.77. The molecule has 4 nitrogen and oxygen atoms in total. The van der Waals surface area contributed by atoms with Crippen LogP contribution in [0.5, 0.6) is 0 Å². The van der Waals surface area contributed by atoms with E-state index >= 15 is 0 Å². The van der Waals surface area contributed by atoms with Crippen LogP contribution in [0, 0.1) is 11.8 Å². The van der Waals surface area contributed by atoms with Crippen LogP contribution in [0.15, 0.2) is 18.2 Å². The molecule has 1 aromatic rings. The molecule has 29 heavy (non-hydrogen) atoms. The quantitative estimate of drug-likeness (QED) is 0.419. The number of nitrogens with zero attached hydrogens (tertiary/aromatic N) is 1. The first kappa shape index (κ1) is 26.0. The Kier molecular flexibility index (Phi) is 12.6. The largest absolute Gasteiger partial charge is 0.489 e. The van der Waals surface area contributed by atoms with Crippen molar-refractivity contribution in [2.24, 2.45) is 11.8 Å². The molecule has 0 aliphatic carbocycles. The van der Waals surface area contributed by atoms with Crippen molar-refractivity contribution in [3.05, 3.63) is 28.8 Å². The summed E-state index contributed by atoms with van der Waals surface area (Å²) in [5, 5.41) is 19.4. The second-order valence-electron chi connectivity index (χ2n) is 8.15. The molecule has 0 spiro atoms. The maximum absolute atomic E-state index is 13.4. The Balaban J connectivity index is 3.10. The number of amides is 1. The lowest BCUT2D eigenvalue weighted by atomic mass is 9.79. The van der Waals surface area contributed by atoms with Crippen molar-refractivity contribution in [2.45, 2.75) is 79.1 Å². The molecule has 6 heteroatoms. The highest BCUT2D eigenvalue weighted by Gasteiger charge is 2.24. The van der Waals surface area contributed by atoms with Crippen molar-refractivity contribution >= 4 is 30.1 Å². The number of unbranched alkanes of at least 4 members (excludes halogenated alkanes) is 2. The number of benzene rings is 1. The fourth-order valence-corrected chi connectivity index (χ4v) is 3.97. The van der Waals surface area contributed by atoms with Gasteiger partial charge in [-0.2, -0.15) is 0 Å². The molecule has 0 heterocycles. The molecule has 0 aliphatic heterocycles. The van der Waals surface area contributed by atoms with Gasteiger partial charge in [-0.25, -0.2) is 0 Å². The number of hydrogen-bond acceptors (Lipinski definition) is 3. The average Bonchev–Trinajstić information content (AvgIpc) is 2.72. The van der Waals surface area contributed by atoms with E-state index in [1.54, 1.807) is 12.1 Å². The molecule has 0 bridgehead atoms. The standard InChI is InChI=1S/C23H39BClNO3/c1-5-9-11-18(7-3)16-26(17-19(8-4)12-10-6-2)23(27)20-13-14-22(25)21(15-20)24(28)29/h13-15,18-19,28-29H,5-12,16-17H2,1-4H3/t18-,19-/m0/s1. The molecule has 0 saturated heterocycles. The SMILES string of the molecule is CCCC[C@H](CC)CN(C[C@@H](CC)CCCC)C(=O)c1ccc(Cl)c(B(O)O)c1. The van der Waals surface area contributed by atoms with Gasteiger partial charge in [-0.05, 0) is 42.9 Å². The minimum atomic E-state index is -1.69. The molecule has 0 saturated carbocycles. The number of carbonyl (C=O) groups excluding carboxylic acids is 1. The maximum atomic E-state index is 13.4. The van der Waals surface area contributed by atoms with Crippen LogP contribution in [0.1, 0.15) is 89.4 Å². The minimum Gasteiger partial charge on any atom is -0.423 e. The number of halogens is 1. The van der Waals surface area contributed by atoms with Gasteiger partial charge in [0.2, 0.25) is 0 Å². The molecule has 0 aliphatic rings. The van der Waals surface area contributed by atoms with Crippen LogP contribution in [0.2, 0.25) is 5.02 Å². The summed E-state index contributed by atoms with van der Waals surface area (Å²) < 4.78 is 0. The lowest BCUT2D eigenvalue weighted by Gasteiger charge is -2.31. The van der Waals surface area contributed by atoms with Gasteiger partial charge in [-0.3, -0.25) is 4.79 Å². The van der Waals surface area contributed by atoms with Gasteiger partial charge in [-0.1, -0.05) is 77.8 Å². The van der Waals surface area contributed by atoms with Gasteiger partial charge < -0.3 is 14.9 Å². The molecule has 0 fully saturated rings. The zero-order chi connectivity index (χ0) is 21.8. The first-order valence-electron chi connectivity index (χ1n) is 11.3. The van der Waals surface area contributed by atoms with Crippen molar-refractivity contribution in [1.82, 2.24) is 4.90 Å². The lowest BCUT2D eigenvalue weighted by molar-refractivity contribution is 0.0685. The van der Waals surface area contributed by atoms with Crippen LogP contribution in [-0.2, 0) is 0 Å². The van der Waals surface area contributed by atoms with E-state index in [1.807, 2.05) is 4.90 Å². The van der Waals surface area contributed by atoms with Gasteiger partial charge in [0.05, 0.1) is 0 Å². The third kappa shape index (κ3) is 8.69. The molecule has 1 aromatic carbocycles. The Bertz CT molecular complexity index is 594. The van der Waals surface area contributed by atoms with E-state index in [1.165, 1.54) is 18.9 Å². The second kappa shape index (κ2) is 14.1. The van der Waals surface area contributed by atoms with Crippen molar-refractivity contribution in [2.75, 3.05) is 13.1 Å². The highest BCUT2D eigenvalue weighted by molar-refractivity contribution is 6.62. The van der Waals surface area contributed by atoms with Gasteiger partial charge in [0.25, 0.3) is 5.91 Å². The summed E-state index contributed by atoms with van der Waals surface area (Å²) in [4.78, 5) is 15.4. The van der Waals surface area contributed by atoms with Crippen LogP contribution in [0.4, 0.5) is 0 Å². The Morgan fingerprint density at radius 3 is 1.93 bits per heavy atom. The molecule has 0 unspecified atom stereocenters. The van der Waals surface area contributed by atoms with Crippen LogP contribution < -0.4 is 5.46 Å². The zero-order valence-electron chi connectivity index (χ0n) is 18.7. The number of carbonyl (C=O) groups is 1. The van der Waals surface area contributed by atoms with Crippen molar-refractivity contribution in [3.63, 3.8) is 0 Å².